The van der Waals surface area contributed by atoms with Crippen LogP contribution in [-0.4, -0.2) is 42.3 Å². The molecule has 1 amide bonds. The summed E-state index contributed by atoms with van der Waals surface area (Å²) in [6.45, 7) is 15.8. The summed E-state index contributed by atoms with van der Waals surface area (Å²) in [5.41, 5.74) is -0.437. The van der Waals surface area contributed by atoms with Crippen molar-refractivity contribution in [3.8, 4) is 0 Å². The first kappa shape index (κ1) is 19.0. The van der Waals surface area contributed by atoms with Gasteiger partial charge in [-0.25, -0.2) is 4.79 Å². The molecule has 4 nitrogen and oxygen atoms in total. The molecular formula is C16H32N2O2. The van der Waals surface area contributed by atoms with E-state index < -0.39 is 5.60 Å². The predicted octanol–water partition coefficient (Wildman–Crippen LogP) is 3.58. The fourth-order valence-corrected chi connectivity index (χ4v) is 1.81. The Bertz CT molecular complexity index is 285. The molecule has 0 radical (unpaired) electrons. The van der Waals surface area contributed by atoms with Crippen LogP contribution in [0.4, 0.5) is 4.79 Å². The van der Waals surface area contributed by atoms with Gasteiger partial charge in [-0.05, 0) is 47.0 Å². The Hall–Kier alpha value is -1.03. The lowest BCUT2D eigenvalue weighted by atomic mass is 10.2. The number of nitrogens with one attached hydrogen (secondary N) is 1. The maximum Gasteiger partial charge on any atom is 0.410 e. The first-order valence-corrected chi connectivity index (χ1v) is 7.62. The van der Waals surface area contributed by atoms with Crippen LogP contribution >= 0.6 is 0 Å². The number of nitrogens with zero attached hydrogens (tertiary/aromatic N) is 1. The lowest BCUT2D eigenvalue weighted by Gasteiger charge is -2.27. The zero-order valence-corrected chi connectivity index (χ0v) is 13.9. The Morgan fingerprint density at radius 2 is 2.05 bits per heavy atom. The normalized spacial score (nSPS) is 12.8. The number of carbonyl (C=O) groups is 1. The van der Waals surface area contributed by atoms with E-state index in [1.165, 1.54) is 0 Å². The Labute approximate surface area is 124 Å². The molecule has 4 heteroatoms. The lowest BCUT2D eigenvalue weighted by Crippen LogP contribution is -2.42. The molecule has 0 aromatic carbocycles. The van der Waals surface area contributed by atoms with Crippen LogP contribution in [0.1, 0.15) is 53.9 Å². The molecule has 1 N–H and O–H groups in total. The minimum Gasteiger partial charge on any atom is -0.444 e. The van der Waals surface area contributed by atoms with E-state index in [0.717, 1.165) is 32.4 Å². The minimum atomic E-state index is -0.437. The number of hydrogen-bond acceptors (Lipinski definition) is 3. The van der Waals surface area contributed by atoms with Crippen molar-refractivity contribution in [1.82, 2.24) is 10.2 Å². The molecule has 0 aliphatic rings. The van der Waals surface area contributed by atoms with Gasteiger partial charge in [-0.1, -0.05) is 13.0 Å². The average Bonchev–Trinajstić information content (AvgIpc) is 2.33. The highest BCUT2D eigenvalue weighted by atomic mass is 16.6. The van der Waals surface area contributed by atoms with Crippen molar-refractivity contribution in [3.05, 3.63) is 12.7 Å². The lowest BCUT2D eigenvalue weighted by molar-refractivity contribution is 0.0250. The summed E-state index contributed by atoms with van der Waals surface area (Å²) in [4.78, 5) is 13.8. The molecule has 0 aromatic rings. The molecule has 20 heavy (non-hydrogen) atoms. The quantitative estimate of drug-likeness (QED) is 0.658. The highest BCUT2D eigenvalue weighted by Crippen LogP contribution is 2.10. The van der Waals surface area contributed by atoms with E-state index in [-0.39, 0.29) is 6.09 Å². The standard InChI is InChI=1S/C16H32N2O2/c1-7-9-10-14(3)17-11-13-18(12-8-2)15(19)20-16(4,5)6/h7,14,17H,1,8-13H2,2-6H3. The summed E-state index contributed by atoms with van der Waals surface area (Å²) in [5.74, 6) is 0. The average molecular weight is 284 g/mol. The van der Waals surface area contributed by atoms with Gasteiger partial charge in [-0.15, -0.1) is 6.58 Å². The zero-order valence-electron chi connectivity index (χ0n) is 13.9. The second kappa shape index (κ2) is 9.81. The third-order valence-corrected chi connectivity index (χ3v) is 2.82. The maximum atomic E-state index is 12.1. The minimum absolute atomic E-state index is 0.222. The summed E-state index contributed by atoms with van der Waals surface area (Å²) in [7, 11) is 0. The zero-order chi connectivity index (χ0) is 15.6. The Morgan fingerprint density at radius 1 is 1.40 bits per heavy atom. The van der Waals surface area contributed by atoms with E-state index in [0.29, 0.717) is 12.6 Å². The van der Waals surface area contributed by atoms with Gasteiger partial charge in [-0.3, -0.25) is 0 Å². The van der Waals surface area contributed by atoms with E-state index in [1.54, 1.807) is 4.90 Å². The third-order valence-electron chi connectivity index (χ3n) is 2.82. The number of allylic oxidation sites excluding steroid dienone is 1. The van der Waals surface area contributed by atoms with Gasteiger partial charge in [0.05, 0.1) is 0 Å². The molecule has 0 fully saturated rings. The number of amides is 1. The molecule has 0 saturated carbocycles. The van der Waals surface area contributed by atoms with Crippen LogP contribution in [0.15, 0.2) is 12.7 Å². The van der Waals surface area contributed by atoms with E-state index >= 15 is 0 Å². The third kappa shape index (κ3) is 9.84. The molecule has 0 rings (SSSR count). The van der Waals surface area contributed by atoms with Crippen LogP contribution < -0.4 is 5.32 Å². The van der Waals surface area contributed by atoms with Crippen molar-refractivity contribution in [2.75, 3.05) is 19.6 Å². The molecule has 0 aliphatic carbocycles. The number of rotatable bonds is 9. The van der Waals surface area contributed by atoms with Crippen LogP contribution in [0.25, 0.3) is 0 Å². The molecular weight excluding hydrogens is 252 g/mol. The van der Waals surface area contributed by atoms with Gasteiger partial charge < -0.3 is 15.0 Å². The highest BCUT2D eigenvalue weighted by molar-refractivity contribution is 5.68. The number of carbonyl (C=O) groups excluding carboxylic acids is 1. The van der Waals surface area contributed by atoms with Gasteiger partial charge in [-0.2, -0.15) is 0 Å². The highest BCUT2D eigenvalue weighted by Gasteiger charge is 2.21. The van der Waals surface area contributed by atoms with E-state index in [2.05, 4.69) is 25.7 Å². The Morgan fingerprint density at radius 3 is 2.55 bits per heavy atom. The van der Waals surface area contributed by atoms with Crippen molar-refractivity contribution < 1.29 is 9.53 Å². The van der Waals surface area contributed by atoms with Crippen LogP contribution in [0.5, 0.6) is 0 Å². The van der Waals surface area contributed by atoms with Gasteiger partial charge in [0.2, 0.25) is 0 Å². The van der Waals surface area contributed by atoms with E-state index in [1.807, 2.05) is 26.8 Å². The maximum absolute atomic E-state index is 12.1. The smallest absolute Gasteiger partial charge is 0.410 e. The SMILES string of the molecule is C=CCCC(C)NCCN(CCC)C(=O)OC(C)(C)C. The molecule has 1 unspecified atom stereocenters. The second-order valence-corrected chi connectivity index (χ2v) is 6.19. The molecule has 0 heterocycles. The van der Waals surface area contributed by atoms with Gasteiger partial charge in [0, 0.05) is 25.7 Å². The van der Waals surface area contributed by atoms with Crippen LogP contribution in [0.2, 0.25) is 0 Å². The summed E-state index contributed by atoms with van der Waals surface area (Å²) < 4.78 is 5.42. The largest absolute Gasteiger partial charge is 0.444 e. The second-order valence-electron chi connectivity index (χ2n) is 6.19. The molecule has 0 saturated heterocycles. The Balaban J connectivity index is 4.14. The monoisotopic (exact) mass is 284 g/mol. The molecule has 0 bridgehead atoms. The molecule has 0 aliphatic heterocycles. The topological polar surface area (TPSA) is 41.6 Å². The van der Waals surface area contributed by atoms with Crippen molar-refractivity contribution in [1.29, 1.82) is 0 Å². The fourth-order valence-electron chi connectivity index (χ4n) is 1.81. The van der Waals surface area contributed by atoms with Crippen molar-refractivity contribution in [3.63, 3.8) is 0 Å². The van der Waals surface area contributed by atoms with Gasteiger partial charge in [0.15, 0.2) is 0 Å². The van der Waals surface area contributed by atoms with Crippen molar-refractivity contribution in [2.45, 2.75) is 65.5 Å². The number of hydrogen-bond donors (Lipinski definition) is 1. The number of ether oxygens (including phenoxy) is 1. The summed E-state index contributed by atoms with van der Waals surface area (Å²) in [6.07, 6.45) is 4.73. The molecule has 0 aromatic heterocycles. The molecule has 118 valence electrons. The fraction of sp³-hybridized carbons (Fsp3) is 0.812. The first-order valence-electron chi connectivity index (χ1n) is 7.62. The van der Waals surface area contributed by atoms with E-state index in [4.69, 9.17) is 4.74 Å². The van der Waals surface area contributed by atoms with Crippen LogP contribution in [0.3, 0.4) is 0 Å². The van der Waals surface area contributed by atoms with Crippen LogP contribution in [0, 0.1) is 0 Å². The summed E-state index contributed by atoms with van der Waals surface area (Å²) in [5, 5.41) is 3.43. The summed E-state index contributed by atoms with van der Waals surface area (Å²) >= 11 is 0. The van der Waals surface area contributed by atoms with Crippen LogP contribution in [-0.2, 0) is 4.74 Å². The predicted molar refractivity (Wildman–Crippen MR) is 85.0 cm³/mol. The Kier molecular flexibility index (Phi) is 9.30. The van der Waals surface area contributed by atoms with Gasteiger partial charge >= 0.3 is 6.09 Å². The molecule has 1 atom stereocenters. The van der Waals surface area contributed by atoms with Crippen molar-refractivity contribution >= 4 is 6.09 Å². The van der Waals surface area contributed by atoms with Gasteiger partial charge in [0.25, 0.3) is 0 Å². The van der Waals surface area contributed by atoms with E-state index in [9.17, 15) is 4.79 Å². The van der Waals surface area contributed by atoms with Gasteiger partial charge in [0.1, 0.15) is 5.60 Å². The van der Waals surface area contributed by atoms with Crippen molar-refractivity contribution in [2.24, 2.45) is 0 Å². The first-order chi connectivity index (χ1) is 9.30. The summed E-state index contributed by atoms with van der Waals surface area (Å²) in [6, 6.07) is 0.440. The molecule has 0 spiro atoms.